The fourth-order valence-electron chi connectivity index (χ4n) is 2.58. The summed E-state index contributed by atoms with van der Waals surface area (Å²) in [6.07, 6.45) is 4.96. The SMILES string of the molecule is O=C=NC1(c2ccc3c(c2)CC(=O)N3)CCC1. The second kappa shape index (κ2) is 3.54. The Morgan fingerprint density at radius 1 is 1.35 bits per heavy atom. The third kappa shape index (κ3) is 1.49. The first-order chi connectivity index (χ1) is 8.23. The van der Waals surface area contributed by atoms with Gasteiger partial charge in [0.25, 0.3) is 0 Å². The van der Waals surface area contributed by atoms with E-state index in [4.69, 9.17) is 0 Å². The summed E-state index contributed by atoms with van der Waals surface area (Å²) in [5, 5.41) is 2.80. The maximum absolute atomic E-state index is 11.3. The van der Waals surface area contributed by atoms with Crippen molar-refractivity contribution < 1.29 is 9.59 Å². The monoisotopic (exact) mass is 228 g/mol. The van der Waals surface area contributed by atoms with E-state index < -0.39 is 0 Å². The van der Waals surface area contributed by atoms with E-state index in [0.29, 0.717) is 6.42 Å². The highest BCUT2D eigenvalue weighted by Crippen LogP contribution is 2.45. The molecule has 1 fully saturated rings. The maximum atomic E-state index is 11.3. The topological polar surface area (TPSA) is 58.5 Å². The van der Waals surface area contributed by atoms with E-state index in [1.54, 1.807) is 6.08 Å². The van der Waals surface area contributed by atoms with Crippen LogP contribution in [0.4, 0.5) is 5.69 Å². The van der Waals surface area contributed by atoms with Gasteiger partial charge in [-0.2, -0.15) is 4.99 Å². The molecule has 86 valence electrons. The third-order valence-electron chi connectivity index (χ3n) is 3.71. The fraction of sp³-hybridized carbons (Fsp3) is 0.385. The molecule has 1 amide bonds. The van der Waals surface area contributed by atoms with Gasteiger partial charge in [-0.15, -0.1) is 0 Å². The third-order valence-corrected chi connectivity index (χ3v) is 3.71. The van der Waals surface area contributed by atoms with Gasteiger partial charge in [0.1, 0.15) is 0 Å². The average Bonchev–Trinajstić information content (AvgIpc) is 2.62. The van der Waals surface area contributed by atoms with Crippen molar-refractivity contribution in [2.75, 3.05) is 5.32 Å². The average molecular weight is 228 g/mol. The maximum Gasteiger partial charge on any atom is 0.235 e. The van der Waals surface area contributed by atoms with Crippen LogP contribution in [0, 0.1) is 0 Å². The zero-order chi connectivity index (χ0) is 11.9. The van der Waals surface area contributed by atoms with Crippen LogP contribution in [-0.2, 0) is 21.5 Å². The predicted molar refractivity (Wildman–Crippen MR) is 62.4 cm³/mol. The summed E-state index contributed by atoms with van der Waals surface area (Å²) in [5.74, 6) is 0.0266. The summed E-state index contributed by atoms with van der Waals surface area (Å²) < 4.78 is 0. The molecule has 0 spiro atoms. The number of benzene rings is 1. The van der Waals surface area contributed by atoms with Crippen molar-refractivity contribution in [3.05, 3.63) is 29.3 Å². The summed E-state index contributed by atoms with van der Waals surface area (Å²) in [4.78, 5) is 25.8. The van der Waals surface area contributed by atoms with Gasteiger partial charge in [-0.05, 0) is 36.5 Å². The van der Waals surface area contributed by atoms with E-state index in [2.05, 4.69) is 10.3 Å². The number of nitrogens with zero attached hydrogens (tertiary/aromatic N) is 1. The number of nitrogens with one attached hydrogen (secondary N) is 1. The van der Waals surface area contributed by atoms with Crippen molar-refractivity contribution in [3.63, 3.8) is 0 Å². The van der Waals surface area contributed by atoms with Gasteiger partial charge >= 0.3 is 0 Å². The first-order valence-corrected chi connectivity index (χ1v) is 5.76. The van der Waals surface area contributed by atoms with E-state index in [1.165, 1.54) is 0 Å². The van der Waals surface area contributed by atoms with Gasteiger partial charge in [-0.25, -0.2) is 4.79 Å². The van der Waals surface area contributed by atoms with Crippen LogP contribution >= 0.6 is 0 Å². The van der Waals surface area contributed by atoms with Gasteiger partial charge in [-0.3, -0.25) is 4.79 Å². The first-order valence-electron chi connectivity index (χ1n) is 5.76. The second-order valence-electron chi connectivity index (χ2n) is 4.69. The number of anilines is 1. The molecule has 0 bridgehead atoms. The second-order valence-corrected chi connectivity index (χ2v) is 4.69. The molecule has 17 heavy (non-hydrogen) atoms. The van der Waals surface area contributed by atoms with E-state index in [-0.39, 0.29) is 11.4 Å². The van der Waals surface area contributed by atoms with Gasteiger partial charge in [0.2, 0.25) is 12.0 Å². The van der Waals surface area contributed by atoms with Crippen molar-refractivity contribution in [2.24, 2.45) is 4.99 Å². The Morgan fingerprint density at radius 2 is 2.18 bits per heavy atom. The lowest BCUT2D eigenvalue weighted by atomic mass is 9.72. The lowest BCUT2D eigenvalue weighted by Crippen LogP contribution is -2.31. The van der Waals surface area contributed by atoms with Gasteiger partial charge in [0, 0.05) is 5.69 Å². The molecule has 1 aromatic carbocycles. The summed E-state index contributed by atoms with van der Waals surface area (Å²) in [6.45, 7) is 0. The Kier molecular flexibility index (Phi) is 2.13. The fourth-order valence-corrected chi connectivity index (χ4v) is 2.58. The molecule has 1 heterocycles. The molecule has 0 atom stereocenters. The predicted octanol–water partition coefficient (Wildman–Crippen LogP) is 1.90. The van der Waals surface area contributed by atoms with Crippen molar-refractivity contribution in [2.45, 2.75) is 31.2 Å². The minimum absolute atomic E-state index is 0.0266. The summed E-state index contributed by atoms with van der Waals surface area (Å²) in [5.41, 5.74) is 2.54. The summed E-state index contributed by atoms with van der Waals surface area (Å²) in [6, 6.07) is 5.84. The minimum Gasteiger partial charge on any atom is -0.326 e. The van der Waals surface area contributed by atoms with Crippen molar-refractivity contribution in [1.82, 2.24) is 0 Å². The number of fused-ring (bicyclic) bond motifs is 1. The molecular formula is C13H12N2O2. The molecule has 0 unspecified atom stereocenters. The molecule has 1 aliphatic heterocycles. The molecule has 1 aromatic rings. The first kappa shape index (κ1) is 10.2. The van der Waals surface area contributed by atoms with Crippen LogP contribution in [-0.4, -0.2) is 12.0 Å². The number of rotatable bonds is 2. The Hall–Kier alpha value is -1.93. The van der Waals surface area contributed by atoms with Gasteiger partial charge in [-0.1, -0.05) is 12.1 Å². The number of hydrogen-bond acceptors (Lipinski definition) is 3. The van der Waals surface area contributed by atoms with Crippen LogP contribution in [0.25, 0.3) is 0 Å². The van der Waals surface area contributed by atoms with Crippen molar-refractivity contribution in [3.8, 4) is 0 Å². The van der Waals surface area contributed by atoms with Gasteiger partial charge in [0.15, 0.2) is 0 Å². The summed E-state index contributed by atoms with van der Waals surface area (Å²) in [7, 11) is 0. The highest BCUT2D eigenvalue weighted by molar-refractivity contribution is 5.99. The molecule has 1 aliphatic carbocycles. The smallest absolute Gasteiger partial charge is 0.235 e. The van der Waals surface area contributed by atoms with Crippen LogP contribution in [0.5, 0.6) is 0 Å². The number of aliphatic imine (C=N–C) groups is 1. The highest BCUT2D eigenvalue weighted by Gasteiger charge is 2.39. The van der Waals surface area contributed by atoms with Crippen LogP contribution in [0.2, 0.25) is 0 Å². The summed E-state index contributed by atoms with van der Waals surface area (Å²) >= 11 is 0. The largest absolute Gasteiger partial charge is 0.326 e. The van der Waals surface area contributed by atoms with E-state index in [9.17, 15) is 9.59 Å². The Bertz CT molecular complexity index is 540. The van der Waals surface area contributed by atoms with Crippen molar-refractivity contribution in [1.29, 1.82) is 0 Å². The van der Waals surface area contributed by atoms with Crippen LogP contribution < -0.4 is 5.32 Å². The van der Waals surface area contributed by atoms with E-state index >= 15 is 0 Å². The van der Waals surface area contributed by atoms with Gasteiger partial charge in [0.05, 0.1) is 12.0 Å². The van der Waals surface area contributed by atoms with E-state index in [0.717, 1.165) is 36.1 Å². The molecule has 0 saturated heterocycles. The molecule has 3 rings (SSSR count). The Labute approximate surface area is 98.7 Å². The zero-order valence-electron chi connectivity index (χ0n) is 9.32. The zero-order valence-corrected chi connectivity index (χ0v) is 9.32. The van der Waals surface area contributed by atoms with Crippen LogP contribution in [0.1, 0.15) is 30.4 Å². The molecule has 1 saturated carbocycles. The number of hydrogen-bond donors (Lipinski definition) is 1. The molecule has 2 aliphatic rings. The number of carbonyl (C=O) groups excluding carboxylic acids is 2. The molecule has 4 nitrogen and oxygen atoms in total. The van der Waals surface area contributed by atoms with E-state index in [1.807, 2.05) is 18.2 Å². The lowest BCUT2D eigenvalue weighted by molar-refractivity contribution is -0.115. The Balaban J connectivity index is 2.02. The van der Waals surface area contributed by atoms with Crippen molar-refractivity contribution >= 4 is 17.7 Å². The molecule has 4 heteroatoms. The van der Waals surface area contributed by atoms with Gasteiger partial charge < -0.3 is 5.32 Å². The number of carbonyl (C=O) groups is 1. The van der Waals surface area contributed by atoms with Crippen LogP contribution in [0.15, 0.2) is 23.2 Å². The molecule has 0 aromatic heterocycles. The normalized spacial score (nSPS) is 19.9. The molecule has 1 N–H and O–H groups in total. The standard InChI is InChI=1S/C13H12N2O2/c16-8-14-13(4-1-5-13)10-2-3-11-9(6-10)7-12(17)15-11/h2-3,6H,1,4-5,7H2,(H,15,17). The Morgan fingerprint density at radius 3 is 2.82 bits per heavy atom. The number of isocyanates is 1. The number of amides is 1. The molecule has 0 radical (unpaired) electrons. The van der Waals surface area contributed by atoms with Crippen LogP contribution in [0.3, 0.4) is 0 Å². The molecular weight excluding hydrogens is 216 g/mol. The quantitative estimate of drug-likeness (QED) is 0.620. The highest BCUT2D eigenvalue weighted by atomic mass is 16.1. The lowest BCUT2D eigenvalue weighted by Gasteiger charge is -2.37. The minimum atomic E-state index is -0.373.